The third kappa shape index (κ3) is 2.24. The van der Waals surface area contributed by atoms with Crippen LogP contribution in [0.4, 0.5) is 0 Å². The van der Waals surface area contributed by atoms with Gasteiger partial charge in [-0.25, -0.2) is 0 Å². The van der Waals surface area contributed by atoms with Crippen molar-refractivity contribution in [3.63, 3.8) is 0 Å². The second kappa shape index (κ2) is 4.90. The first kappa shape index (κ1) is 12.6. The number of hydrogen-bond acceptors (Lipinski definition) is 4. The molecule has 0 radical (unpaired) electrons. The van der Waals surface area contributed by atoms with Crippen LogP contribution in [0, 0.1) is 11.8 Å². The van der Waals surface area contributed by atoms with Gasteiger partial charge < -0.3 is 15.7 Å². The zero-order valence-corrected chi connectivity index (χ0v) is 10.8. The smallest absolute Gasteiger partial charge is 0.272 e. The van der Waals surface area contributed by atoms with Crippen molar-refractivity contribution in [1.29, 1.82) is 0 Å². The zero-order chi connectivity index (χ0) is 13.4. The van der Waals surface area contributed by atoms with Crippen molar-refractivity contribution in [2.24, 2.45) is 17.6 Å². The van der Waals surface area contributed by atoms with E-state index in [4.69, 9.17) is 5.73 Å². The number of aliphatic hydroxyl groups excluding tert-OH is 1. The van der Waals surface area contributed by atoms with Gasteiger partial charge >= 0.3 is 0 Å². The number of hydrogen-bond donors (Lipinski definition) is 2. The van der Waals surface area contributed by atoms with Crippen LogP contribution in [0.5, 0.6) is 0 Å². The van der Waals surface area contributed by atoms with Gasteiger partial charge in [0, 0.05) is 31.7 Å². The molecule has 1 aromatic heterocycles. The lowest BCUT2D eigenvalue weighted by Gasteiger charge is -2.18. The molecule has 1 aromatic rings. The summed E-state index contributed by atoms with van der Waals surface area (Å²) in [6.07, 6.45) is 3.31. The number of nitrogens with two attached hydrogens (primary N) is 1. The van der Waals surface area contributed by atoms with Crippen molar-refractivity contribution in [2.75, 3.05) is 13.1 Å². The molecule has 1 aliphatic heterocycles. The minimum atomic E-state index is -0.240. The van der Waals surface area contributed by atoms with Crippen LogP contribution >= 0.6 is 0 Å². The molecule has 102 valence electrons. The monoisotopic (exact) mass is 261 g/mol. The fourth-order valence-electron chi connectivity index (χ4n) is 3.24. The minimum absolute atomic E-state index is 0.0369. The highest BCUT2D eigenvalue weighted by molar-refractivity contribution is 5.92. The van der Waals surface area contributed by atoms with Gasteiger partial charge in [-0.1, -0.05) is 6.07 Å². The van der Waals surface area contributed by atoms with Gasteiger partial charge in [-0.2, -0.15) is 0 Å². The molecule has 2 fully saturated rings. The standard InChI is InChI=1S/C14H19N3O2/c15-5-9-1-3-12(16-6-9)14(19)17-7-10-2-4-13(18)11(10)8-17/h1,3,6,10-11,13,18H,2,4-5,7-8,15H2. The third-order valence-electron chi connectivity index (χ3n) is 4.39. The molecular weight excluding hydrogens is 242 g/mol. The molecule has 1 saturated heterocycles. The summed E-state index contributed by atoms with van der Waals surface area (Å²) >= 11 is 0. The first-order chi connectivity index (χ1) is 9.19. The normalized spacial score (nSPS) is 29.6. The molecule has 19 heavy (non-hydrogen) atoms. The van der Waals surface area contributed by atoms with E-state index in [1.54, 1.807) is 12.3 Å². The Morgan fingerprint density at radius 1 is 1.42 bits per heavy atom. The fraction of sp³-hybridized carbons (Fsp3) is 0.571. The fourth-order valence-corrected chi connectivity index (χ4v) is 3.24. The number of nitrogens with zero attached hydrogens (tertiary/aromatic N) is 2. The number of fused-ring (bicyclic) bond motifs is 1. The molecule has 0 aromatic carbocycles. The van der Waals surface area contributed by atoms with Crippen LogP contribution in [0.25, 0.3) is 0 Å². The highest BCUT2D eigenvalue weighted by Crippen LogP contribution is 2.38. The molecule has 3 rings (SSSR count). The van der Waals surface area contributed by atoms with Crippen molar-refractivity contribution in [3.05, 3.63) is 29.6 Å². The van der Waals surface area contributed by atoms with Gasteiger partial charge in [-0.3, -0.25) is 9.78 Å². The Bertz CT molecular complexity index is 474. The van der Waals surface area contributed by atoms with E-state index in [2.05, 4.69) is 4.98 Å². The summed E-state index contributed by atoms with van der Waals surface area (Å²) in [7, 11) is 0. The van der Waals surface area contributed by atoms with Crippen LogP contribution in [0.2, 0.25) is 0 Å². The van der Waals surface area contributed by atoms with E-state index in [0.29, 0.717) is 24.7 Å². The predicted octanol–water partition coefficient (Wildman–Crippen LogP) is 0.383. The van der Waals surface area contributed by atoms with E-state index in [1.807, 2.05) is 11.0 Å². The second-order valence-electron chi connectivity index (χ2n) is 5.53. The quantitative estimate of drug-likeness (QED) is 0.807. The minimum Gasteiger partial charge on any atom is -0.393 e. The average Bonchev–Trinajstić information content (AvgIpc) is 3.01. The summed E-state index contributed by atoms with van der Waals surface area (Å²) in [6.45, 7) is 1.84. The number of likely N-dealkylation sites (tertiary alicyclic amines) is 1. The van der Waals surface area contributed by atoms with Crippen LogP contribution in [0.15, 0.2) is 18.3 Å². The Morgan fingerprint density at radius 2 is 2.26 bits per heavy atom. The molecule has 1 saturated carbocycles. The van der Waals surface area contributed by atoms with Crippen molar-refractivity contribution < 1.29 is 9.90 Å². The van der Waals surface area contributed by atoms with Crippen LogP contribution in [0.3, 0.4) is 0 Å². The summed E-state index contributed by atoms with van der Waals surface area (Å²) in [4.78, 5) is 18.3. The lowest BCUT2D eigenvalue weighted by molar-refractivity contribution is 0.0746. The lowest BCUT2D eigenvalue weighted by Crippen LogP contribution is -2.31. The van der Waals surface area contributed by atoms with E-state index < -0.39 is 0 Å². The maximum Gasteiger partial charge on any atom is 0.272 e. The molecule has 2 heterocycles. The third-order valence-corrected chi connectivity index (χ3v) is 4.39. The Labute approximate surface area is 112 Å². The molecule has 1 aliphatic carbocycles. The molecule has 3 unspecified atom stereocenters. The van der Waals surface area contributed by atoms with E-state index in [-0.39, 0.29) is 17.9 Å². The number of pyridine rings is 1. The summed E-state index contributed by atoms with van der Waals surface area (Å²) in [5.74, 6) is 0.680. The highest BCUT2D eigenvalue weighted by atomic mass is 16.3. The maximum absolute atomic E-state index is 12.3. The largest absolute Gasteiger partial charge is 0.393 e. The lowest BCUT2D eigenvalue weighted by atomic mass is 10.00. The average molecular weight is 261 g/mol. The Balaban J connectivity index is 1.71. The molecule has 3 N–H and O–H groups in total. The van der Waals surface area contributed by atoms with Crippen LogP contribution in [0.1, 0.15) is 28.9 Å². The molecule has 5 nitrogen and oxygen atoms in total. The van der Waals surface area contributed by atoms with E-state index >= 15 is 0 Å². The molecule has 5 heteroatoms. The molecule has 1 amide bonds. The number of carbonyl (C=O) groups excluding carboxylic acids is 1. The molecule has 0 bridgehead atoms. The number of amides is 1. The zero-order valence-electron chi connectivity index (χ0n) is 10.8. The maximum atomic E-state index is 12.3. The van der Waals surface area contributed by atoms with Crippen LogP contribution in [-0.4, -0.2) is 40.1 Å². The Hall–Kier alpha value is -1.46. The van der Waals surface area contributed by atoms with Gasteiger partial charge in [0.2, 0.25) is 0 Å². The Morgan fingerprint density at radius 3 is 2.89 bits per heavy atom. The molecule has 3 atom stereocenters. The Kier molecular flexibility index (Phi) is 3.24. The first-order valence-electron chi connectivity index (χ1n) is 6.81. The van der Waals surface area contributed by atoms with Crippen molar-refractivity contribution in [1.82, 2.24) is 9.88 Å². The van der Waals surface area contributed by atoms with Crippen molar-refractivity contribution in [2.45, 2.75) is 25.5 Å². The van der Waals surface area contributed by atoms with E-state index in [1.165, 1.54) is 0 Å². The summed E-state index contributed by atoms with van der Waals surface area (Å²) in [5.41, 5.74) is 6.90. The van der Waals surface area contributed by atoms with Crippen LogP contribution in [-0.2, 0) is 6.54 Å². The SMILES string of the molecule is NCc1ccc(C(=O)N2CC3CCC(O)C3C2)nc1. The summed E-state index contributed by atoms with van der Waals surface area (Å²) in [5, 5.41) is 9.87. The van der Waals surface area contributed by atoms with Gasteiger partial charge in [0.25, 0.3) is 5.91 Å². The number of aliphatic hydroxyl groups is 1. The van der Waals surface area contributed by atoms with Crippen molar-refractivity contribution in [3.8, 4) is 0 Å². The van der Waals surface area contributed by atoms with E-state index in [9.17, 15) is 9.90 Å². The number of aromatic nitrogens is 1. The van der Waals surface area contributed by atoms with E-state index in [0.717, 1.165) is 24.9 Å². The molecule has 2 aliphatic rings. The topological polar surface area (TPSA) is 79.5 Å². The van der Waals surface area contributed by atoms with Gasteiger partial charge in [-0.15, -0.1) is 0 Å². The van der Waals surface area contributed by atoms with Crippen LogP contribution < -0.4 is 5.73 Å². The number of rotatable bonds is 2. The first-order valence-corrected chi connectivity index (χ1v) is 6.81. The summed E-state index contributed by atoms with van der Waals surface area (Å²) in [6, 6.07) is 3.57. The van der Waals surface area contributed by atoms with Gasteiger partial charge in [0.05, 0.1) is 6.10 Å². The summed E-state index contributed by atoms with van der Waals surface area (Å²) < 4.78 is 0. The van der Waals surface area contributed by atoms with Gasteiger partial charge in [-0.05, 0) is 30.4 Å². The van der Waals surface area contributed by atoms with Crippen molar-refractivity contribution >= 4 is 5.91 Å². The molecule has 0 spiro atoms. The predicted molar refractivity (Wildman–Crippen MR) is 70.3 cm³/mol. The second-order valence-corrected chi connectivity index (χ2v) is 5.53. The highest BCUT2D eigenvalue weighted by Gasteiger charge is 2.43. The number of carbonyl (C=O) groups is 1. The van der Waals surface area contributed by atoms with Gasteiger partial charge in [0.1, 0.15) is 5.69 Å². The molecular formula is C14H19N3O2. The van der Waals surface area contributed by atoms with Gasteiger partial charge in [0.15, 0.2) is 0 Å².